The first-order chi connectivity index (χ1) is 8.29. The van der Waals surface area contributed by atoms with Gasteiger partial charge in [-0.25, -0.2) is 15.8 Å². The molecule has 0 radical (unpaired) electrons. The van der Waals surface area contributed by atoms with Crippen LogP contribution in [0.2, 0.25) is 5.02 Å². The van der Waals surface area contributed by atoms with Crippen LogP contribution < -0.4 is 11.3 Å². The fourth-order valence-electron chi connectivity index (χ4n) is 1.26. The van der Waals surface area contributed by atoms with E-state index in [1.807, 2.05) is 30.3 Å². The molecule has 2 rings (SSSR count). The summed E-state index contributed by atoms with van der Waals surface area (Å²) in [4.78, 5) is 8.15. The van der Waals surface area contributed by atoms with Gasteiger partial charge < -0.3 is 0 Å². The van der Waals surface area contributed by atoms with Crippen molar-refractivity contribution in [2.24, 2.45) is 5.84 Å². The molecule has 0 amide bonds. The first-order valence-corrected chi connectivity index (χ1v) is 6.32. The molecule has 0 unspecified atom stereocenters. The number of aromatic nitrogens is 2. The molecular formula is C11H11ClN4S. The summed E-state index contributed by atoms with van der Waals surface area (Å²) >= 11 is 7.66. The van der Waals surface area contributed by atoms with Crippen molar-refractivity contribution >= 4 is 29.3 Å². The fourth-order valence-corrected chi connectivity index (χ4v) is 2.40. The molecule has 88 valence electrons. The minimum atomic E-state index is 0.411. The van der Waals surface area contributed by atoms with Crippen LogP contribution in [-0.2, 0) is 5.75 Å². The standard InChI is InChI=1S/C11H11ClN4S/c12-9-4-2-1-3-8(9)7-17-10-5-6-14-11(15-10)16-13/h1-6H,7,13H2,(H,14,15,16). The third kappa shape index (κ3) is 3.33. The number of nitrogens with zero attached hydrogens (tertiary/aromatic N) is 2. The van der Waals surface area contributed by atoms with Crippen LogP contribution in [-0.4, -0.2) is 9.97 Å². The summed E-state index contributed by atoms with van der Waals surface area (Å²) < 4.78 is 0. The van der Waals surface area contributed by atoms with Crippen molar-refractivity contribution in [1.82, 2.24) is 9.97 Å². The number of hydrogen-bond acceptors (Lipinski definition) is 5. The van der Waals surface area contributed by atoms with Crippen molar-refractivity contribution in [2.45, 2.75) is 10.8 Å². The third-order valence-electron chi connectivity index (χ3n) is 2.09. The minimum absolute atomic E-state index is 0.411. The molecule has 4 nitrogen and oxygen atoms in total. The Morgan fingerprint density at radius 1 is 1.29 bits per heavy atom. The molecule has 0 aliphatic heterocycles. The Morgan fingerprint density at radius 2 is 2.12 bits per heavy atom. The molecule has 0 fully saturated rings. The molecule has 0 saturated carbocycles. The Hall–Kier alpha value is -1.30. The van der Waals surface area contributed by atoms with Crippen molar-refractivity contribution in [3.8, 4) is 0 Å². The van der Waals surface area contributed by atoms with Crippen molar-refractivity contribution in [3.63, 3.8) is 0 Å². The highest BCUT2D eigenvalue weighted by molar-refractivity contribution is 7.98. The van der Waals surface area contributed by atoms with Gasteiger partial charge >= 0.3 is 0 Å². The summed E-state index contributed by atoms with van der Waals surface area (Å²) in [6, 6.07) is 9.59. The van der Waals surface area contributed by atoms with Gasteiger partial charge in [-0.1, -0.05) is 29.8 Å². The molecule has 0 aliphatic rings. The van der Waals surface area contributed by atoms with E-state index >= 15 is 0 Å². The van der Waals surface area contributed by atoms with Crippen LogP contribution in [0.3, 0.4) is 0 Å². The maximum absolute atomic E-state index is 6.07. The van der Waals surface area contributed by atoms with E-state index in [4.69, 9.17) is 17.4 Å². The second kappa shape index (κ2) is 5.86. The zero-order chi connectivity index (χ0) is 12.1. The number of halogens is 1. The average Bonchev–Trinajstić information content (AvgIpc) is 2.38. The van der Waals surface area contributed by atoms with Gasteiger partial charge in [0.1, 0.15) is 5.03 Å². The summed E-state index contributed by atoms with van der Waals surface area (Å²) in [5.74, 6) is 6.42. The third-order valence-corrected chi connectivity index (χ3v) is 3.44. The lowest BCUT2D eigenvalue weighted by molar-refractivity contribution is 1.03. The summed E-state index contributed by atoms with van der Waals surface area (Å²) in [5.41, 5.74) is 3.50. The molecule has 1 aromatic carbocycles. The zero-order valence-corrected chi connectivity index (χ0v) is 10.5. The van der Waals surface area contributed by atoms with Gasteiger partial charge in [-0.3, -0.25) is 5.43 Å². The predicted octanol–water partition coefficient (Wildman–Crippen LogP) is 2.71. The molecule has 0 atom stereocenters. The lowest BCUT2D eigenvalue weighted by Crippen LogP contribution is -2.10. The Morgan fingerprint density at radius 3 is 2.88 bits per heavy atom. The van der Waals surface area contributed by atoms with Crippen molar-refractivity contribution < 1.29 is 0 Å². The molecule has 0 saturated heterocycles. The maximum Gasteiger partial charge on any atom is 0.238 e. The van der Waals surface area contributed by atoms with E-state index in [2.05, 4.69) is 15.4 Å². The minimum Gasteiger partial charge on any atom is -0.292 e. The number of rotatable bonds is 4. The van der Waals surface area contributed by atoms with E-state index in [-0.39, 0.29) is 0 Å². The molecule has 1 heterocycles. The second-order valence-corrected chi connectivity index (χ2v) is 4.65. The maximum atomic E-state index is 6.07. The van der Waals surface area contributed by atoms with Gasteiger partial charge in [-0.2, -0.15) is 0 Å². The lowest BCUT2D eigenvalue weighted by Gasteiger charge is -2.04. The van der Waals surface area contributed by atoms with Crippen molar-refractivity contribution in [1.29, 1.82) is 0 Å². The van der Waals surface area contributed by atoms with Crippen LogP contribution >= 0.6 is 23.4 Å². The molecular weight excluding hydrogens is 256 g/mol. The Kier molecular flexibility index (Phi) is 4.19. The van der Waals surface area contributed by atoms with Gasteiger partial charge in [-0.05, 0) is 17.7 Å². The van der Waals surface area contributed by atoms with Crippen LogP contribution in [0, 0.1) is 0 Å². The number of nitrogens with one attached hydrogen (secondary N) is 1. The van der Waals surface area contributed by atoms with E-state index < -0.39 is 0 Å². The molecule has 2 aromatic rings. The number of anilines is 1. The highest BCUT2D eigenvalue weighted by atomic mass is 35.5. The van der Waals surface area contributed by atoms with Crippen LogP contribution in [0.5, 0.6) is 0 Å². The molecule has 17 heavy (non-hydrogen) atoms. The van der Waals surface area contributed by atoms with Crippen molar-refractivity contribution in [2.75, 3.05) is 5.43 Å². The van der Waals surface area contributed by atoms with E-state index in [9.17, 15) is 0 Å². The summed E-state index contributed by atoms with van der Waals surface area (Å²) in [6.07, 6.45) is 1.66. The Labute approximate surface area is 109 Å². The number of hydrogen-bond donors (Lipinski definition) is 2. The summed E-state index contributed by atoms with van der Waals surface area (Å²) in [5, 5.41) is 1.62. The molecule has 0 aliphatic carbocycles. The van der Waals surface area contributed by atoms with Crippen molar-refractivity contribution in [3.05, 3.63) is 47.1 Å². The van der Waals surface area contributed by atoms with Gasteiger partial charge in [0.05, 0.1) is 0 Å². The van der Waals surface area contributed by atoms with Crippen LogP contribution in [0.25, 0.3) is 0 Å². The van der Waals surface area contributed by atoms with Gasteiger partial charge in [0.25, 0.3) is 0 Å². The monoisotopic (exact) mass is 266 g/mol. The van der Waals surface area contributed by atoms with Crippen LogP contribution in [0.15, 0.2) is 41.6 Å². The highest BCUT2D eigenvalue weighted by Gasteiger charge is 2.02. The number of hydrazine groups is 1. The number of nitrogen functional groups attached to an aromatic ring is 1. The summed E-state index contributed by atoms with van der Waals surface area (Å²) in [6.45, 7) is 0. The van der Waals surface area contributed by atoms with Gasteiger partial charge in [-0.15, -0.1) is 11.8 Å². The predicted molar refractivity (Wildman–Crippen MR) is 70.9 cm³/mol. The van der Waals surface area contributed by atoms with E-state index in [1.165, 1.54) is 0 Å². The number of thioether (sulfide) groups is 1. The zero-order valence-electron chi connectivity index (χ0n) is 8.93. The quantitative estimate of drug-likeness (QED) is 0.386. The van der Waals surface area contributed by atoms with E-state index in [0.29, 0.717) is 5.95 Å². The molecule has 1 aromatic heterocycles. The summed E-state index contributed by atoms with van der Waals surface area (Å²) in [7, 11) is 0. The highest BCUT2D eigenvalue weighted by Crippen LogP contribution is 2.25. The largest absolute Gasteiger partial charge is 0.292 e. The Bertz CT molecular complexity index is 506. The van der Waals surface area contributed by atoms with Crippen LogP contribution in [0.1, 0.15) is 5.56 Å². The lowest BCUT2D eigenvalue weighted by atomic mass is 10.2. The number of benzene rings is 1. The fraction of sp³-hybridized carbons (Fsp3) is 0.0909. The van der Waals surface area contributed by atoms with Gasteiger partial charge in [0.2, 0.25) is 5.95 Å². The molecule has 6 heteroatoms. The average molecular weight is 267 g/mol. The Balaban J connectivity index is 2.05. The first kappa shape index (κ1) is 12.2. The normalized spacial score (nSPS) is 10.2. The molecule has 3 N–H and O–H groups in total. The smallest absolute Gasteiger partial charge is 0.238 e. The molecule has 0 spiro atoms. The SMILES string of the molecule is NNc1nccc(SCc2ccccc2Cl)n1. The van der Waals surface area contributed by atoms with Crippen LogP contribution in [0.4, 0.5) is 5.95 Å². The number of nitrogens with two attached hydrogens (primary N) is 1. The topological polar surface area (TPSA) is 63.8 Å². The van der Waals surface area contributed by atoms with Gasteiger partial charge in [0.15, 0.2) is 0 Å². The first-order valence-electron chi connectivity index (χ1n) is 4.95. The van der Waals surface area contributed by atoms with E-state index in [0.717, 1.165) is 21.4 Å². The second-order valence-electron chi connectivity index (χ2n) is 3.24. The van der Waals surface area contributed by atoms with E-state index in [1.54, 1.807) is 18.0 Å². The molecule has 0 bridgehead atoms. The van der Waals surface area contributed by atoms with Gasteiger partial charge in [0, 0.05) is 17.0 Å².